The Labute approximate surface area is 117 Å². The standard InChI is InChI=1S/C14H19NO5/c1-9(15-13(16)6-7-14(17)18)11-8-10(19-2)4-5-12(11)20-3/h4-5,8-9H,6-7H2,1-3H3,(H,15,16)(H,17,18). The lowest BCUT2D eigenvalue weighted by atomic mass is 10.1. The third-order valence-corrected chi connectivity index (χ3v) is 2.85. The molecule has 0 aromatic heterocycles. The van der Waals surface area contributed by atoms with Gasteiger partial charge in [0.05, 0.1) is 26.7 Å². The van der Waals surface area contributed by atoms with E-state index in [0.717, 1.165) is 5.56 Å². The maximum atomic E-state index is 11.6. The highest BCUT2D eigenvalue weighted by molar-refractivity contribution is 5.81. The zero-order valence-electron chi connectivity index (χ0n) is 11.8. The minimum Gasteiger partial charge on any atom is -0.497 e. The van der Waals surface area contributed by atoms with Crippen molar-refractivity contribution in [2.45, 2.75) is 25.8 Å². The zero-order chi connectivity index (χ0) is 15.1. The largest absolute Gasteiger partial charge is 0.497 e. The number of carbonyl (C=O) groups is 2. The van der Waals surface area contributed by atoms with Gasteiger partial charge in [0.1, 0.15) is 11.5 Å². The Hall–Kier alpha value is -2.24. The van der Waals surface area contributed by atoms with Crippen LogP contribution in [0.2, 0.25) is 0 Å². The fraction of sp³-hybridized carbons (Fsp3) is 0.429. The first-order valence-corrected chi connectivity index (χ1v) is 6.21. The number of hydrogen-bond acceptors (Lipinski definition) is 4. The summed E-state index contributed by atoms with van der Waals surface area (Å²) in [5, 5.41) is 11.3. The molecule has 0 radical (unpaired) electrons. The minimum atomic E-state index is -0.994. The van der Waals surface area contributed by atoms with Crippen LogP contribution >= 0.6 is 0 Å². The van der Waals surface area contributed by atoms with Gasteiger partial charge in [-0.2, -0.15) is 0 Å². The van der Waals surface area contributed by atoms with Gasteiger partial charge in [0.15, 0.2) is 0 Å². The number of ether oxygens (including phenoxy) is 2. The van der Waals surface area contributed by atoms with Gasteiger partial charge in [-0.15, -0.1) is 0 Å². The highest BCUT2D eigenvalue weighted by atomic mass is 16.5. The van der Waals surface area contributed by atoms with Gasteiger partial charge in [0, 0.05) is 12.0 Å². The van der Waals surface area contributed by atoms with Gasteiger partial charge in [0.2, 0.25) is 5.91 Å². The molecule has 20 heavy (non-hydrogen) atoms. The van der Waals surface area contributed by atoms with Crippen molar-refractivity contribution in [1.82, 2.24) is 5.32 Å². The Balaban J connectivity index is 2.77. The summed E-state index contributed by atoms with van der Waals surface area (Å²) in [6, 6.07) is 5.00. The molecular formula is C14H19NO5. The van der Waals surface area contributed by atoms with Gasteiger partial charge in [-0.25, -0.2) is 0 Å². The van der Waals surface area contributed by atoms with Crippen molar-refractivity contribution >= 4 is 11.9 Å². The van der Waals surface area contributed by atoms with Crippen molar-refractivity contribution in [3.05, 3.63) is 23.8 Å². The molecule has 0 fully saturated rings. The van der Waals surface area contributed by atoms with Crippen molar-refractivity contribution in [3.8, 4) is 11.5 Å². The Bertz CT molecular complexity index is 486. The van der Waals surface area contributed by atoms with Crippen molar-refractivity contribution in [2.75, 3.05) is 14.2 Å². The SMILES string of the molecule is COc1ccc(OC)c(C(C)NC(=O)CCC(=O)O)c1. The third-order valence-electron chi connectivity index (χ3n) is 2.85. The van der Waals surface area contributed by atoms with Crippen LogP contribution in [0.15, 0.2) is 18.2 Å². The fourth-order valence-corrected chi connectivity index (χ4v) is 1.79. The van der Waals surface area contributed by atoms with E-state index < -0.39 is 5.97 Å². The quantitative estimate of drug-likeness (QED) is 0.795. The molecular weight excluding hydrogens is 262 g/mol. The van der Waals surface area contributed by atoms with E-state index in [-0.39, 0.29) is 24.8 Å². The fourth-order valence-electron chi connectivity index (χ4n) is 1.79. The average molecular weight is 281 g/mol. The second-order valence-electron chi connectivity index (χ2n) is 4.29. The van der Waals surface area contributed by atoms with Crippen LogP contribution < -0.4 is 14.8 Å². The molecule has 1 rings (SSSR count). The maximum absolute atomic E-state index is 11.6. The molecule has 2 N–H and O–H groups in total. The lowest BCUT2D eigenvalue weighted by Gasteiger charge is -2.18. The van der Waals surface area contributed by atoms with Crippen LogP contribution in [-0.2, 0) is 9.59 Å². The van der Waals surface area contributed by atoms with Crippen LogP contribution in [0.25, 0.3) is 0 Å². The molecule has 0 bridgehead atoms. The third kappa shape index (κ3) is 4.46. The Morgan fingerprint density at radius 3 is 2.50 bits per heavy atom. The maximum Gasteiger partial charge on any atom is 0.303 e. The molecule has 0 saturated heterocycles. The number of carbonyl (C=O) groups excluding carboxylic acids is 1. The highest BCUT2D eigenvalue weighted by Crippen LogP contribution is 2.29. The number of aliphatic carboxylic acids is 1. The average Bonchev–Trinajstić information content (AvgIpc) is 2.44. The first-order chi connectivity index (χ1) is 9.47. The van der Waals surface area contributed by atoms with E-state index in [1.807, 2.05) is 0 Å². The van der Waals surface area contributed by atoms with Gasteiger partial charge >= 0.3 is 5.97 Å². The molecule has 1 atom stereocenters. The summed E-state index contributed by atoms with van der Waals surface area (Å²) in [7, 11) is 3.10. The number of hydrogen-bond donors (Lipinski definition) is 2. The molecule has 0 aliphatic rings. The molecule has 1 aromatic carbocycles. The topological polar surface area (TPSA) is 84.9 Å². The summed E-state index contributed by atoms with van der Waals surface area (Å²) in [4.78, 5) is 22.1. The van der Waals surface area contributed by atoms with Crippen molar-refractivity contribution < 1.29 is 24.2 Å². The number of amides is 1. The number of rotatable bonds is 7. The number of carboxylic acid groups (broad SMARTS) is 1. The van der Waals surface area contributed by atoms with Crippen molar-refractivity contribution in [3.63, 3.8) is 0 Å². The number of nitrogens with one attached hydrogen (secondary N) is 1. The van der Waals surface area contributed by atoms with Gasteiger partial charge in [-0.1, -0.05) is 0 Å². The van der Waals surface area contributed by atoms with Crippen LogP contribution in [0.5, 0.6) is 11.5 Å². The molecule has 1 unspecified atom stereocenters. The predicted molar refractivity (Wildman–Crippen MR) is 73.0 cm³/mol. The summed E-state index contributed by atoms with van der Waals surface area (Å²) in [5.74, 6) is -0.0131. The normalized spacial score (nSPS) is 11.6. The Kier molecular flexibility index (Phi) is 5.83. The van der Waals surface area contributed by atoms with Gasteiger partial charge in [-0.3, -0.25) is 9.59 Å². The first-order valence-electron chi connectivity index (χ1n) is 6.21. The first kappa shape index (κ1) is 15.8. The van der Waals surface area contributed by atoms with Gasteiger partial charge < -0.3 is 19.9 Å². The molecule has 6 heteroatoms. The monoisotopic (exact) mass is 281 g/mol. The molecule has 110 valence electrons. The number of methoxy groups -OCH3 is 2. The van der Waals surface area contributed by atoms with Crippen molar-refractivity contribution in [1.29, 1.82) is 0 Å². The second-order valence-corrected chi connectivity index (χ2v) is 4.29. The zero-order valence-corrected chi connectivity index (χ0v) is 11.8. The van der Waals surface area contributed by atoms with E-state index >= 15 is 0 Å². The Morgan fingerprint density at radius 2 is 1.95 bits per heavy atom. The number of benzene rings is 1. The molecule has 1 amide bonds. The minimum absolute atomic E-state index is 0.0496. The molecule has 6 nitrogen and oxygen atoms in total. The van der Waals surface area contributed by atoms with E-state index in [1.54, 1.807) is 39.3 Å². The van der Waals surface area contributed by atoms with Crippen LogP contribution in [0.4, 0.5) is 0 Å². The molecule has 0 aliphatic carbocycles. The van der Waals surface area contributed by atoms with Gasteiger partial charge in [-0.05, 0) is 25.1 Å². The van der Waals surface area contributed by atoms with E-state index in [4.69, 9.17) is 14.6 Å². The Morgan fingerprint density at radius 1 is 1.25 bits per heavy atom. The van der Waals surface area contributed by atoms with Crippen LogP contribution in [0, 0.1) is 0 Å². The van der Waals surface area contributed by atoms with Gasteiger partial charge in [0.25, 0.3) is 0 Å². The van der Waals surface area contributed by atoms with E-state index in [9.17, 15) is 9.59 Å². The summed E-state index contributed by atoms with van der Waals surface area (Å²) >= 11 is 0. The number of carboxylic acids is 1. The lowest BCUT2D eigenvalue weighted by molar-refractivity contribution is -0.138. The summed E-state index contributed by atoms with van der Waals surface area (Å²) in [6.07, 6.45) is -0.236. The molecule has 0 spiro atoms. The van der Waals surface area contributed by atoms with Crippen LogP contribution in [-0.4, -0.2) is 31.2 Å². The highest BCUT2D eigenvalue weighted by Gasteiger charge is 2.15. The van der Waals surface area contributed by atoms with E-state index in [0.29, 0.717) is 11.5 Å². The van der Waals surface area contributed by atoms with Crippen LogP contribution in [0.3, 0.4) is 0 Å². The second kappa shape index (κ2) is 7.37. The predicted octanol–water partition coefficient (Wildman–Crippen LogP) is 1.75. The van der Waals surface area contributed by atoms with E-state index in [2.05, 4.69) is 5.32 Å². The summed E-state index contributed by atoms with van der Waals surface area (Å²) in [5.41, 5.74) is 0.774. The molecule has 0 heterocycles. The lowest BCUT2D eigenvalue weighted by Crippen LogP contribution is -2.27. The molecule has 0 saturated carbocycles. The summed E-state index contributed by atoms with van der Waals surface area (Å²) in [6.45, 7) is 1.80. The summed E-state index contributed by atoms with van der Waals surface area (Å²) < 4.78 is 10.4. The smallest absolute Gasteiger partial charge is 0.303 e. The van der Waals surface area contributed by atoms with E-state index in [1.165, 1.54) is 0 Å². The van der Waals surface area contributed by atoms with Crippen LogP contribution in [0.1, 0.15) is 31.4 Å². The van der Waals surface area contributed by atoms with Crippen molar-refractivity contribution in [2.24, 2.45) is 0 Å². The molecule has 0 aliphatic heterocycles. The molecule has 1 aromatic rings.